The number of carbonyl (C=O) groups excluding carboxylic acids is 1. The average Bonchev–Trinajstić information content (AvgIpc) is 3.36. The van der Waals surface area contributed by atoms with Crippen LogP contribution < -0.4 is 0 Å². The van der Waals surface area contributed by atoms with E-state index in [4.69, 9.17) is 9.97 Å². The van der Waals surface area contributed by atoms with Crippen LogP contribution in [-0.4, -0.2) is 20.9 Å². The molecule has 2 aromatic heterocycles. The first-order chi connectivity index (χ1) is 22.7. The van der Waals surface area contributed by atoms with E-state index in [0.29, 0.717) is 0 Å². The summed E-state index contributed by atoms with van der Waals surface area (Å²) in [6.45, 7) is 23.6. The molecule has 0 fully saturated rings. The van der Waals surface area contributed by atoms with Gasteiger partial charge < -0.3 is 5.11 Å². The molecule has 1 radical (unpaired) electrons. The summed E-state index contributed by atoms with van der Waals surface area (Å²) in [4.78, 5) is 22.5. The molecule has 5 aromatic rings. The molecule has 49 heavy (non-hydrogen) atoms. The molecule has 0 aliphatic rings. The van der Waals surface area contributed by atoms with E-state index in [0.717, 1.165) is 52.5 Å². The normalized spacial score (nSPS) is 12.0. The fourth-order valence-electron chi connectivity index (χ4n) is 6.75. The van der Waals surface area contributed by atoms with E-state index in [1.54, 1.807) is 17.7 Å². The van der Waals surface area contributed by atoms with Gasteiger partial charge in [-0.05, 0) is 81.0 Å². The Kier molecular flexibility index (Phi) is 14.1. The summed E-state index contributed by atoms with van der Waals surface area (Å²) in [7, 11) is 0. The second-order valence-electron chi connectivity index (χ2n) is 14.1. The van der Waals surface area contributed by atoms with Gasteiger partial charge in [-0.1, -0.05) is 95.3 Å². The fraction of sp³-hybridized carbons (Fsp3) is 0.419. The number of benzene rings is 3. The molecule has 5 rings (SSSR count). The van der Waals surface area contributed by atoms with Crippen molar-refractivity contribution in [1.29, 1.82) is 0 Å². The Morgan fingerprint density at radius 2 is 1.49 bits per heavy atom. The number of nitrogens with zero attached hydrogens (tertiary/aromatic N) is 2. The molecule has 0 saturated heterocycles. The number of fused-ring (bicyclic) bond motifs is 2. The van der Waals surface area contributed by atoms with Crippen LogP contribution in [0.1, 0.15) is 102 Å². The van der Waals surface area contributed by atoms with Gasteiger partial charge in [0.1, 0.15) is 6.33 Å². The quantitative estimate of drug-likeness (QED) is 0.0911. The molecule has 0 aliphatic carbocycles. The average molecular weight is 854 g/mol. The Morgan fingerprint density at radius 1 is 0.898 bits per heavy atom. The van der Waals surface area contributed by atoms with E-state index < -0.39 is 0 Å². The van der Waals surface area contributed by atoms with Crippen molar-refractivity contribution in [1.82, 2.24) is 9.97 Å². The first-order valence-corrected chi connectivity index (χ1v) is 18.3. The molecule has 0 unspecified atom stereocenters. The summed E-state index contributed by atoms with van der Waals surface area (Å²) in [5.41, 5.74) is 10.9. The summed E-state index contributed by atoms with van der Waals surface area (Å²) in [5.74, 6) is 0.547. The standard InChI is InChI=1S/C30H29N2S.C13H24O2.Ir/c1-17-12-18(2)25(19(3)13-17)28-20(4)26-29(33-28)27(32-16-31-26)22-14-21-10-8-9-11-23(21)24(15-22)30(5,6)7;1-5-10(6-2)12(14)9-13(15)11(7-3)8-4;/h8-13,15-16H,1-7H3;9-11,14H,5-8H2,1-4H3;/q-1;;/b;12-9-;. The second kappa shape index (κ2) is 17.2. The number of hydrogen-bond donors (Lipinski definition) is 1. The van der Waals surface area contributed by atoms with E-state index in [1.807, 2.05) is 27.7 Å². The van der Waals surface area contributed by atoms with Crippen LogP contribution >= 0.6 is 11.3 Å². The zero-order chi connectivity index (χ0) is 35.3. The van der Waals surface area contributed by atoms with Crippen LogP contribution in [0.4, 0.5) is 0 Å². The maximum absolute atomic E-state index is 11.7. The van der Waals surface area contributed by atoms with Crippen LogP contribution in [0.5, 0.6) is 0 Å². The number of aryl methyl sites for hydroxylation is 4. The van der Waals surface area contributed by atoms with Crippen LogP contribution in [0.15, 0.2) is 60.6 Å². The molecular formula is C43H53IrN2O2S-. The van der Waals surface area contributed by atoms with Gasteiger partial charge in [0.15, 0.2) is 5.78 Å². The number of ketones is 1. The van der Waals surface area contributed by atoms with Gasteiger partial charge in [-0.3, -0.25) is 9.78 Å². The van der Waals surface area contributed by atoms with Crippen molar-refractivity contribution in [3.63, 3.8) is 0 Å². The topological polar surface area (TPSA) is 63.1 Å². The minimum atomic E-state index is 0. The smallest absolute Gasteiger partial charge is 0.162 e. The molecule has 0 bridgehead atoms. The molecule has 1 N–H and O–H groups in total. The van der Waals surface area contributed by atoms with Gasteiger partial charge in [-0.15, -0.1) is 40.5 Å². The number of aliphatic hydroxyl groups is 1. The van der Waals surface area contributed by atoms with Crippen molar-refractivity contribution in [2.24, 2.45) is 11.8 Å². The number of rotatable bonds is 9. The van der Waals surface area contributed by atoms with Gasteiger partial charge in [0.05, 0.1) is 11.3 Å². The number of hydrogen-bond acceptors (Lipinski definition) is 5. The molecule has 0 spiro atoms. The van der Waals surface area contributed by atoms with E-state index in [9.17, 15) is 9.90 Å². The maximum Gasteiger partial charge on any atom is 0.162 e. The van der Waals surface area contributed by atoms with Crippen molar-refractivity contribution >= 4 is 38.1 Å². The SMILES string of the molecule is CCC(CC)C(=O)/C=C(\O)C(CC)CC.Cc1cc(C)c(-c2sc3c(-c4[c-]c5ccccc5c(C(C)(C)C)c4)ncnc3c2C)c(C)c1.[Ir]. The molecule has 0 saturated carbocycles. The fourth-order valence-corrected chi connectivity index (χ4v) is 8.19. The van der Waals surface area contributed by atoms with Crippen LogP contribution in [-0.2, 0) is 30.3 Å². The van der Waals surface area contributed by atoms with Gasteiger partial charge in [-0.2, -0.15) is 0 Å². The summed E-state index contributed by atoms with van der Waals surface area (Å²) < 4.78 is 1.13. The molecule has 4 nitrogen and oxygen atoms in total. The number of thiophene rings is 1. The number of carbonyl (C=O) groups is 1. The summed E-state index contributed by atoms with van der Waals surface area (Å²) >= 11 is 1.81. The first-order valence-electron chi connectivity index (χ1n) is 17.5. The van der Waals surface area contributed by atoms with Gasteiger partial charge in [0.2, 0.25) is 0 Å². The van der Waals surface area contributed by atoms with Gasteiger partial charge in [-0.25, -0.2) is 4.98 Å². The Morgan fingerprint density at radius 3 is 2.06 bits per heavy atom. The van der Waals surface area contributed by atoms with Crippen molar-refractivity contribution in [2.45, 2.75) is 107 Å². The molecule has 6 heteroatoms. The minimum absolute atomic E-state index is 0. The van der Waals surface area contributed by atoms with Gasteiger partial charge in [0, 0.05) is 53.3 Å². The molecule has 3 aromatic carbocycles. The van der Waals surface area contributed by atoms with E-state index in [1.165, 1.54) is 49.7 Å². The molecule has 0 aliphatic heterocycles. The van der Waals surface area contributed by atoms with Gasteiger partial charge in [0.25, 0.3) is 0 Å². The van der Waals surface area contributed by atoms with Crippen LogP contribution in [0.25, 0.3) is 42.7 Å². The third kappa shape index (κ3) is 8.95. The second-order valence-corrected chi connectivity index (χ2v) is 15.1. The number of aliphatic hydroxyl groups excluding tert-OH is 1. The Labute approximate surface area is 311 Å². The van der Waals surface area contributed by atoms with Crippen LogP contribution in [0.2, 0.25) is 0 Å². The van der Waals surface area contributed by atoms with Gasteiger partial charge >= 0.3 is 0 Å². The molecule has 0 amide bonds. The summed E-state index contributed by atoms with van der Waals surface area (Å²) in [5, 5.41) is 12.1. The zero-order valence-corrected chi connectivity index (χ0v) is 34.4. The third-order valence-electron chi connectivity index (χ3n) is 9.53. The Bertz CT molecular complexity index is 1920. The van der Waals surface area contributed by atoms with Crippen LogP contribution in [0.3, 0.4) is 0 Å². The van der Waals surface area contributed by atoms with Crippen molar-refractivity contribution in [2.75, 3.05) is 0 Å². The monoisotopic (exact) mass is 854 g/mol. The Hall–Kier alpha value is -3.18. The van der Waals surface area contributed by atoms with E-state index >= 15 is 0 Å². The van der Waals surface area contributed by atoms with E-state index in [-0.39, 0.29) is 48.9 Å². The first kappa shape index (κ1) is 40.3. The zero-order valence-electron chi connectivity index (χ0n) is 31.2. The van der Waals surface area contributed by atoms with E-state index in [2.05, 4.69) is 97.0 Å². The maximum atomic E-state index is 11.7. The molecule has 0 atom stereocenters. The van der Waals surface area contributed by atoms with Crippen molar-refractivity contribution in [3.8, 4) is 21.7 Å². The van der Waals surface area contributed by atoms with Crippen molar-refractivity contribution in [3.05, 3.63) is 94.5 Å². The number of aromatic nitrogens is 2. The van der Waals surface area contributed by atoms with Crippen molar-refractivity contribution < 1.29 is 30.0 Å². The minimum Gasteiger partial charge on any atom is -0.512 e. The summed E-state index contributed by atoms with van der Waals surface area (Å²) in [6.07, 6.45) is 6.61. The number of allylic oxidation sites excluding steroid dienone is 2. The Balaban J connectivity index is 0.000000347. The molecular weight excluding hydrogens is 801 g/mol. The molecule has 2 heterocycles. The summed E-state index contributed by atoms with van der Waals surface area (Å²) in [6, 6.07) is 19.0. The van der Waals surface area contributed by atoms with Crippen LogP contribution in [0, 0.1) is 45.6 Å². The third-order valence-corrected chi connectivity index (χ3v) is 10.8. The predicted molar refractivity (Wildman–Crippen MR) is 206 cm³/mol. The predicted octanol–water partition coefficient (Wildman–Crippen LogP) is 12.4. The largest absolute Gasteiger partial charge is 0.512 e. The molecule has 263 valence electrons.